The van der Waals surface area contributed by atoms with Gasteiger partial charge in [-0.3, -0.25) is 0 Å². The molecule has 0 saturated heterocycles. The van der Waals surface area contributed by atoms with Crippen LogP contribution < -0.4 is 15.0 Å². The second-order valence-electron chi connectivity index (χ2n) is 7.16. The Bertz CT molecular complexity index is 1010. The topological polar surface area (TPSA) is 70.8 Å². The van der Waals surface area contributed by atoms with Gasteiger partial charge in [0.05, 0.1) is 23.0 Å². The number of rotatable bonds is 2. The molecule has 2 atom stereocenters. The standard InChI is InChI=1S/C21H21N3O3/c1-11-9-15(17-12(2)23-27-13(17)3)20-19-18(11)22-21(25)24(19)16(10-26-20)14-7-5-4-6-8-14/h4-9,16,21-22,25H,10H2,1-3H3. The summed E-state index contributed by atoms with van der Waals surface area (Å²) in [6.07, 6.45) is -0.800. The van der Waals surface area contributed by atoms with Gasteiger partial charge < -0.3 is 24.6 Å². The maximum absolute atomic E-state index is 10.8. The molecule has 27 heavy (non-hydrogen) atoms. The van der Waals surface area contributed by atoms with Gasteiger partial charge in [0.25, 0.3) is 0 Å². The monoisotopic (exact) mass is 363 g/mol. The Morgan fingerprint density at radius 3 is 2.67 bits per heavy atom. The SMILES string of the molecule is Cc1cc(-c2c(C)noc2C)c2c3c1NC(O)N3C(c1ccccc1)CO2. The highest BCUT2D eigenvalue weighted by atomic mass is 16.5. The number of hydrogen-bond donors (Lipinski definition) is 2. The number of ether oxygens (including phenoxy) is 1. The van der Waals surface area contributed by atoms with Crippen molar-refractivity contribution in [1.29, 1.82) is 0 Å². The molecule has 6 heteroatoms. The van der Waals surface area contributed by atoms with Crippen LogP contribution in [-0.2, 0) is 0 Å². The Balaban J connectivity index is 1.73. The van der Waals surface area contributed by atoms with E-state index in [4.69, 9.17) is 9.26 Å². The zero-order valence-corrected chi connectivity index (χ0v) is 15.5. The number of anilines is 2. The van der Waals surface area contributed by atoms with Crippen LogP contribution in [-0.4, -0.2) is 23.2 Å². The van der Waals surface area contributed by atoms with E-state index in [1.165, 1.54) is 0 Å². The summed E-state index contributed by atoms with van der Waals surface area (Å²) in [6.45, 7) is 6.33. The van der Waals surface area contributed by atoms with Gasteiger partial charge in [0.15, 0.2) is 5.75 Å². The molecule has 3 aromatic rings. The molecule has 2 N–H and O–H groups in total. The maximum Gasteiger partial charge on any atom is 0.206 e. The average Bonchev–Trinajstić information content (AvgIpc) is 3.20. The minimum atomic E-state index is -0.800. The second kappa shape index (κ2) is 5.76. The van der Waals surface area contributed by atoms with Gasteiger partial charge in [0.1, 0.15) is 18.1 Å². The quantitative estimate of drug-likeness (QED) is 0.719. The molecule has 0 radical (unpaired) electrons. The molecule has 2 aliphatic heterocycles. The number of nitrogens with zero attached hydrogens (tertiary/aromatic N) is 2. The summed E-state index contributed by atoms with van der Waals surface area (Å²) < 4.78 is 11.7. The van der Waals surface area contributed by atoms with Crippen molar-refractivity contribution in [2.75, 3.05) is 16.8 Å². The molecular weight excluding hydrogens is 342 g/mol. The Labute approximate surface area is 157 Å². The first-order valence-electron chi connectivity index (χ1n) is 9.07. The number of aliphatic hydroxyl groups is 1. The molecule has 0 spiro atoms. The van der Waals surface area contributed by atoms with E-state index in [2.05, 4.69) is 28.7 Å². The third-order valence-corrected chi connectivity index (χ3v) is 5.46. The smallest absolute Gasteiger partial charge is 0.206 e. The van der Waals surface area contributed by atoms with Crippen LogP contribution in [0.25, 0.3) is 11.1 Å². The molecule has 3 heterocycles. The van der Waals surface area contributed by atoms with Crippen LogP contribution in [0.4, 0.5) is 11.4 Å². The first-order valence-corrected chi connectivity index (χ1v) is 9.07. The molecule has 0 fully saturated rings. The number of benzene rings is 2. The summed E-state index contributed by atoms with van der Waals surface area (Å²) in [5.41, 5.74) is 6.70. The lowest BCUT2D eigenvalue weighted by molar-refractivity contribution is 0.164. The first kappa shape index (κ1) is 16.2. The van der Waals surface area contributed by atoms with Gasteiger partial charge in [0, 0.05) is 5.56 Å². The summed E-state index contributed by atoms with van der Waals surface area (Å²) in [4.78, 5) is 2.01. The van der Waals surface area contributed by atoms with E-state index in [1.807, 2.05) is 43.9 Å². The number of aryl methyl sites for hydroxylation is 3. The molecule has 0 aliphatic carbocycles. The minimum Gasteiger partial charge on any atom is -0.488 e. The van der Waals surface area contributed by atoms with Crippen molar-refractivity contribution in [3.63, 3.8) is 0 Å². The molecule has 0 saturated carbocycles. The van der Waals surface area contributed by atoms with Crippen molar-refractivity contribution in [1.82, 2.24) is 5.16 Å². The fraction of sp³-hybridized carbons (Fsp3) is 0.286. The Morgan fingerprint density at radius 2 is 1.96 bits per heavy atom. The predicted octanol–water partition coefficient (Wildman–Crippen LogP) is 3.91. The molecule has 6 nitrogen and oxygen atoms in total. The highest BCUT2D eigenvalue weighted by molar-refractivity contribution is 5.93. The lowest BCUT2D eigenvalue weighted by atomic mass is 9.96. The van der Waals surface area contributed by atoms with Gasteiger partial charge in [-0.2, -0.15) is 0 Å². The molecule has 138 valence electrons. The Morgan fingerprint density at radius 1 is 1.19 bits per heavy atom. The predicted molar refractivity (Wildman–Crippen MR) is 103 cm³/mol. The molecule has 1 aromatic heterocycles. The fourth-order valence-electron chi connectivity index (χ4n) is 4.23. The van der Waals surface area contributed by atoms with Gasteiger partial charge >= 0.3 is 0 Å². The molecule has 0 amide bonds. The Kier molecular flexibility index (Phi) is 3.45. The van der Waals surface area contributed by atoms with E-state index in [0.29, 0.717) is 6.61 Å². The maximum atomic E-state index is 10.8. The fourth-order valence-corrected chi connectivity index (χ4v) is 4.23. The van der Waals surface area contributed by atoms with E-state index >= 15 is 0 Å². The number of aliphatic hydroxyl groups excluding tert-OH is 1. The van der Waals surface area contributed by atoms with Crippen molar-refractivity contribution in [2.45, 2.75) is 33.2 Å². The van der Waals surface area contributed by atoms with E-state index in [0.717, 1.165) is 50.8 Å². The largest absolute Gasteiger partial charge is 0.488 e. The second-order valence-corrected chi connectivity index (χ2v) is 7.16. The van der Waals surface area contributed by atoms with E-state index in [-0.39, 0.29) is 6.04 Å². The van der Waals surface area contributed by atoms with E-state index in [1.54, 1.807) is 0 Å². The summed E-state index contributed by atoms with van der Waals surface area (Å²) in [5.74, 6) is 1.52. The van der Waals surface area contributed by atoms with Crippen LogP contribution in [0.1, 0.15) is 28.6 Å². The van der Waals surface area contributed by atoms with Crippen LogP contribution in [0.5, 0.6) is 5.75 Å². The van der Waals surface area contributed by atoms with Crippen LogP contribution >= 0.6 is 0 Å². The van der Waals surface area contributed by atoms with Gasteiger partial charge in [-0.1, -0.05) is 35.5 Å². The average molecular weight is 363 g/mol. The summed E-state index contributed by atoms with van der Waals surface area (Å²) in [6, 6.07) is 12.1. The molecule has 0 bridgehead atoms. The van der Waals surface area contributed by atoms with Crippen molar-refractivity contribution in [3.8, 4) is 16.9 Å². The van der Waals surface area contributed by atoms with E-state index < -0.39 is 6.35 Å². The molecule has 5 rings (SSSR count). The summed E-state index contributed by atoms with van der Waals surface area (Å²) >= 11 is 0. The molecule has 2 aromatic carbocycles. The molecular formula is C21H21N3O3. The van der Waals surface area contributed by atoms with Gasteiger partial charge in [-0.05, 0) is 38.0 Å². The van der Waals surface area contributed by atoms with Crippen LogP contribution in [0.2, 0.25) is 0 Å². The van der Waals surface area contributed by atoms with Gasteiger partial charge in [-0.15, -0.1) is 0 Å². The van der Waals surface area contributed by atoms with Crippen molar-refractivity contribution in [2.24, 2.45) is 0 Å². The number of aromatic nitrogens is 1. The third-order valence-electron chi connectivity index (χ3n) is 5.46. The summed E-state index contributed by atoms with van der Waals surface area (Å²) in [5, 5.41) is 18.1. The van der Waals surface area contributed by atoms with Crippen molar-refractivity contribution in [3.05, 3.63) is 59.0 Å². The highest BCUT2D eigenvalue weighted by Crippen LogP contribution is 2.54. The Hall–Kier alpha value is -2.99. The third kappa shape index (κ3) is 2.26. The van der Waals surface area contributed by atoms with Crippen molar-refractivity contribution >= 4 is 11.4 Å². The lowest BCUT2D eigenvalue weighted by Gasteiger charge is -2.37. The van der Waals surface area contributed by atoms with E-state index in [9.17, 15) is 5.11 Å². The zero-order valence-electron chi connectivity index (χ0n) is 15.5. The number of hydrogen-bond acceptors (Lipinski definition) is 6. The summed E-state index contributed by atoms with van der Waals surface area (Å²) in [7, 11) is 0. The van der Waals surface area contributed by atoms with Crippen molar-refractivity contribution < 1.29 is 14.4 Å². The highest BCUT2D eigenvalue weighted by Gasteiger charge is 2.42. The first-order chi connectivity index (χ1) is 13.1. The molecule has 2 aliphatic rings. The molecule has 2 unspecified atom stereocenters. The van der Waals surface area contributed by atoms with Crippen LogP contribution in [0, 0.1) is 20.8 Å². The van der Waals surface area contributed by atoms with Gasteiger partial charge in [0.2, 0.25) is 6.35 Å². The number of nitrogens with one attached hydrogen (secondary N) is 1. The zero-order chi connectivity index (χ0) is 18.7. The van der Waals surface area contributed by atoms with Crippen LogP contribution in [0.15, 0.2) is 40.9 Å². The van der Waals surface area contributed by atoms with Crippen LogP contribution in [0.3, 0.4) is 0 Å². The minimum absolute atomic E-state index is 0.0678. The lowest BCUT2D eigenvalue weighted by Crippen LogP contribution is -2.43. The van der Waals surface area contributed by atoms with Gasteiger partial charge in [-0.25, -0.2) is 0 Å². The normalized spacial score (nSPS) is 20.2.